The quantitative estimate of drug-likeness (QED) is 0.175. The SMILES string of the molecule is [2H]c1c([2H])c([2H])c(-c2nc(-c3c([2H])c([2H])c([2H])c([2H])c3[2H])nc(-n3c4c([2H])c([2H])c([2H])c([2H])c4c4c([2H])c([2H])c5c6c([2H])c([2H])c([2H])c([2H])c6n(-c6c([2H])c([2H])c7oc8c([2H])c([2H])c(-c9c([2H])c([2H])c([2H])c([2H])c9[2H])c([2H])c8c7c6[2H])c5c43)n2)c([2H])c1[2H]. The Kier molecular flexibility index (Phi) is 2.97. The van der Waals surface area contributed by atoms with Crippen LogP contribution in [0.5, 0.6) is 0 Å². The van der Waals surface area contributed by atoms with E-state index in [4.69, 9.17) is 33.2 Å². The molecular formula is C51H31N5O. The van der Waals surface area contributed by atoms with Gasteiger partial charge in [-0.1, -0.05) is 145 Å². The molecule has 6 nitrogen and oxygen atoms in total. The molecule has 57 heavy (non-hydrogen) atoms. The molecule has 0 amide bonds. The fourth-order valence-electron chi connectivity index (χ4n) is 6.64. The van der Waals surface area contributed by atoms with Gasteiger partial charge in [-0.2, -0.15) is 9.97 Å². The predicted octanol–water partition coefficient (Wildman–Crippen LogP) is 13.0. The van der Waals surface area contributed by atoms with Crippen molar-refractivity contribution in [2.75, 3.05) is 0 Å². The van der Waals surface area contributed by atoms with Crippen LogP contribution in [0.1, 0.15) is 42.5 Å². The highest BCUT2D eigenvalue weighted by Crippen LogP contribution is 2.42. The van der Waals surface area contributed by atoms with Gasteiger partial charge in [-0.15, -0.1) is 0 Å². The Balaban J connectivity index is 1.38. The van der Waals surface area contributed by atoms with E-state index in [0.717, 1.165) is 9.13 Å². The highest BCUT2D eigenvalue weighted by molar-refractivity contribution is 6.24. The summed E-state index contributed by atoms with van der Waals surface area (Å²) in [5, 5.41) is -3.81. The molecule has 4 heterocycles. The lowest BCUT2D eigenvalue weighted by molar-refractivity contribution is 0.669. The van der Waals surface area contributed by atoms with Crippen molar-refractivity contribution < 1.29 is 46.9 Å². The monoisotopic (exact) mass is 760 g/mol. The molecule has 6 heteroatoms. The van der Waals surface area contributed by atoms with Crippen molar-refractivity contribution >= 4 is 65.6 Å². The molecular weight excluding hydrogens is 699 g/mol. The third kappa shape index (κ3) is 4.87. The average molecular weight is 761 g/mol. The van der Waals surface area contributed by atoms with Crippen molar-refractivity contribution in [3.05, 3.63) is 187 Å². The number of benzene rings is 8. The molecule has 0 saturated heterocycles. The topological polar surface area (TPSA) is 61.7 Å². The Bertz CT molecular complexity index is 5190. The summed E-state index contributed by atoms with van der Waals surface area (Å²) in [6, 6.07) is -29.2. The van der Waals surface area contributed by atoms with E-state index in [-0.39, 0.29) is 0 Å². The first-order valence-corrected chi connectivity index (χ1v) is 16.6. The summed E-state index contributed by atoms with van der Waals surface area (Å²) < 4.78 is 287. The molecule has 4 aromatic heterocycles. The molecule has 12 aromatic rings. The van der Waals surface area contributed by atoms with Crippen LogP contribution < -0.4 is 0 Å². The molecule has 0 bridgehead atoms. The van der Waals surface area contributed by atoms with Gasteiger partial charge in [-0.25, -0.2) is 4.98 Å². The van der Waals surface area contributed by atoms with Gasteiger partial charge in [-0.3, -0.25) is 4.57 Å². The van der Waals surface area contributed by atoms with E-state index in [1.165, 1.54) is 0 Å². The number of aromatic nitrogens is 5. The highest BCUT2D eigenvalue weighted by atomic mass is 16.3. The summed E-state index contributed by atoms with van der Waals surface area (Å²) in [6.45, 7) is 0. The number of hydrogen-bond donors (Lipinski definition) is 0. The Hall–Kier alpha value is -7.83. The fraction of sp³-hybridized carbons (Fsp3) is 0. The molecule has 0 atom stereocenters. The van der Waals surface area contributed by atoms with Gasteiger partial charge < -0.3 is 8.98 Å². The summed E-state index contributed by atoms with van der Waals surface area (Å²) in [4.78, 5) is 13.3. The number of hydrogen-bond acceptors (Lipinski definition) is 4. The third-order valence-electron chi connectivity index (χ3n) is 8.98. The van der Waals surface area contributed by atoms with Crippen LogP contribution in [0.2, 0.25) is 0 Å². The van der Waals surface area contributed by atoms with E-state index < -0.39 is 298 Å². The average Bonchev–Trinajstić information content (AvgIpc) is 1.51. The molecule has 266 valence electrons. The number of para-hydroxylation sites is 2. The van der Waals surface area contributed by atoms with Crippen LogP contribution in [-0.4, -0.2) is 24.1 Å². The van der Waals surface area contributed by atoms with E-state index in [1.54, 1.807) is 0 Å². The van der Waals surface area contributed by atoms with E-state index in [1.807, 2.05) is 0 Å². The Morgan fingerprint density at radius 1 is 0.368 bits per heavy atom. The zero-order chi connectivity index (χ0) is 64.4. The summed E-state index contributed by atoms with van der Waals surface area (Å²) in [5.74, 6) is -2.78. The van der Waals surface area contributed by atoms with Gasteiger partial charge >= 0.3 is 0 Å². The Morgan fingerprint density at radius 3 is 1.47 bits per heavy atom. The summed E-state index contributed by atoms with van der Waals surface area (Å²) in [7, 11) is 0. The Labute approximate surface area is 370 Å². The first-order chi connectivity index (χ1) is 41.2. The molecule has 0 radical (unpaired) electrons. The highest BCUT2D eigenvalue weighted by Gasteiger charge is 2.24. The molecule has 0 N–H and O–H groups in total. The summed E-state index contributed by atoms with van der Waals surface area (Å²) in [6.07, 6.45) is 0. The first-order valence-electron chi connectivity index (χ1n) is 32.1. The lowest BCUT2D eigenvalue weighted by Crippen LogP contribution is -2.07. The van der Waals surface area contributed by atoms with E-state index in [0.29, 0.717) is 0 Å². The van der Waals surface area contributed by atoms with E-state index in [9.17, 15) is 13.7 Å². The lowest BCUT2D eigenvalue weighted by Gasteiger charge is -2.13. The van der Waals surface area contributed by atoms with Crippen LogP contribution in [0.4, 0.5) is 0 Å². The van der Waals surface area contributed by atoms with E-state index in [2.05, 4.69) is 15.0 Å². The van der Waals surface area contributed by atoms with E-state index >= 15 is 0 Å². The normalized spacial score (nSPS) is 19.5. The minimum atomic E-state index is -1.05. The second-order valence-electron chi connectivity index (χ2n) is 12.1. The number of fused-ring (bicyclic) bond motifs is 10. The number of furan rings is 1. The van der Waals surface area contributed by atoms with Crippen LogP contribution in [-0.2, 0) is 0 Å². The zero-order valence-electron chi connectivity index (χ0n) is 59.1. The lowest BCUT2D eigenvalue weighted by atomic mass is 10.0. The molecule has 0 unspecified atom stereocenters. The van der Waals surface area contributed by atoms with Crippen LogP contribution in [0.3, 0.4) is 0 Å². The molecule has 0 aliphatic heterocycles. The number of nitrogens with zero attached hydrogens (tertiary/aromatic N) is 5. The van der Waals surface area contributed by atoms with Crippen molar-refractivity contribution in [2.24, 2.45) is 0 Å². The van der Waals surface area contributed by atoms with Gasteiger partial charge in [0, 0.05) is 49.1 Å². The standard InChI is InChI=1S/C51H31N5O/c1-4-14-32(15-5-1)35-24-28-45-41(30-35)42-31-36(25-29-46(42)57-45)55-43-22-12-10-20-37(43)39-26-27-40-38-21-11-13-23-44(38)56(48(40)47(39)55)51-53-49(33-16-6-2-7-17-33)52-50(54-51)34-18-8-3-9-19-34/h1-31H/i1D,2D,3D,4D,5D,6D,7D,8D,9D,10D,11D,12D,13D,14D,15D,16D,17D,18D,19D,20D,21D,22D,23D,24D,25D,26D,27D,28D,29D,30D,31D. The molecule has 0 aliphatic carbocycles. The van der Waals surface area contributed by atoms with Crippen molar-refractivity contribution in [3.8, 4) is 45.5 Å². The van der Waals surface area contributed by atoms with Crippen LogP contribution in [0.15, 0.2) is 192 Å². The minimum Gasteiger partial charge on any atom is -0.456 e. The van der Waals surface area contributed by atoms with Crippen molar-refractivity contribution in [1.82, 2.24) is 24.1 Å². The largest absolute Gasteiger partial charge is 0.456 e. The van der Waals surface area contributed by atoms with Gasteiger partial charge in [0.2, 0.25) is 5.95 Å². The van der Waals surface area contributed by atoms with Crippen LogP contribution in [0, 0.1) is 0 Å². The molecule has 0 saturated carbocycles. The maximum atomic E-state index is 10.2. The fourth-order valence-corrected chi connectivity index (χ4v) is 6.64. The predicted molar refractivity (Wildman–Crippen MR) is 232 cm³/mol. The van der Waals surface area contributed by atoms with Gasteiger partial charge in [0.1, 0.15) is 11.2 Å². The summed E-state index contributed by atoms with van der Waals surface area (Å²) in [5.41, 5.74) is -8.18. The molecule has 12 rings (SSSR count). The molecule has 0 spiro atoms. The van der Waals surface area contributed by atoms with Gasteiger partial charge in [0.15, 0.2) is 11.6 Å². The zero-order valence-corrected chi connectivity index (χ0v) is 28.1. The second kappa shape index (κ2) is 12.3. The van der Waals surface area contributed by atoms with Crippen molar-refractivity contribution in [1.29, 1.82) is 0 Å². The maximum Gasteiger partial charge on any atom is 0.238 e. The molecule has 8 aromatic carbocycles. The molecule has 0 fully saturated rings. The maximum absolute atomic E-state index is 10.2. The van der Waals surface area contributed by atoms with Gasteiger partial charge in [0.25, 0.3) is 0 Å². The molecule has 0 aliphatic rings. The van der Waals surface area contributed by atoms with Crippen molar-refractivity contribution in [3.63, 3.8) is 0 Å². The second-order valence-corrected chi connectivity index (χ2v) is 12.1. The smallest absolute Gasteiger partial charge is 0.238 e. The van der Waals surface area contributed by atoms with Crippen molar-refractivity contribution in [2.45, 2.75) is 0 Å². The summed E-state index contributed by atoms with van der Waals surface area (Å²) >= 11 is 0. The Morgan fingerprint density at radius 2 is 0.860 bits per heavy atom. The van der Waals surface area contributed by atoms with Crippen LogP contribution >= 0.6 is 0 Å². The third-order valence-corrected chi connectivity index (χ3v) is 8.98. The van der Waals surface area contributed by atoms with Gasteiger partial charge in [0.05, 0.1) is 64.6 Å². The van der Waals surface area contributed by atoms with Crippen LogP contribution in [0.25, 0.3) is 111 Å². The van der Waals surface area contributed by atoms with Gasteiger partial charge in [-0.05, 0) is 53.4 Å². The number of rotatable bonds is 5. The minimum absolute atomic E-state index is 0.608. The first kappa shape index (κ1) is 13.7.